The third kappa shape index (κ3) is 4.47. The highest BCUT2D eigenvalue weighted by atomic mass is 31.2. The molecule has 0 rings (SSSR count). The molecule has 1 atom stereocenters. The summed E-state index contributed by atoms with van der Waals surface area (Å²) in [6.45, 7) is 2.21. The van der Waals surface area contributed by atoms with Crippen molar-refractivity contribution in [1.29, 1.82) is 0 Å². The topological polar surface area (TPSA) is 71.6 Å². The summed E-state index contributed by atoms with van der Waals surface area (Å²) in [6.07, 6.45) is 0. The molecule has 0 heterocycles. The van der Waals surface area contributed by atoms with Crippen LogP contribution in [0.3, 0.4) is 0 Å². The van der Waals surface area contributed by atoms with Crippen molar-refractivity contribution in [3.05, 3.63) is 0 Å². The van der Waals surface area contributed by atoms with Crippen molar-refractivity contribution in [3.63, 3.8) is 0 Å². The first-order chi connectivity index (χ1) is 5.18. The quantitative estimate of drug-likeness (QED) is 0.398. The molecule has 0 aliphatic rings. The Morgan fingerprint density at radius 1 is 1.45 bits per heavy atom. The van der Waals surface area contributed by atoms with Crippen LogP contribution in [-0.4, -0.2) is 20.8 Å². The van der Waals surface area contributed by atoms with Gasteiger partial charge in [0.2, 0.25) is 0 Å². The van der Waals surface area contributed by atoms with E-state index in [0.29, 0.717) is 6.61 Å². The van der Waals surface area contributed by atoms with E-state index >= 15 is 0 Å². The molecule has 0 spiro atoms. The molecule has 3 N–H and O–H groups in total. The molecule has 0 radical (unpaired) electrons. The minimum Gasteiger partial charge on any atom is -0.297 e. The average Bonchev–Trinajstić information content (AvgIpc) is 2.02. The number of hydrogen-bond acceptors (Lipinski definition) is 3. The smallest absolute Gasteiger partial charge is 0.297 e. The van der Waals surface area contributed by atoms with Crippen LogP contribution in [-0.2, 0) is 14.2 Å². The predicted molar refractivity (Wildman–Crippen MR) is 41.6 cm³/mol. The Hall–Kier alpha value is 0.0300. The fourth-order valence-electron chi connectivity index (χ4n) is 0.394. The van der Waals surface area contributed by atoms with E-state index in [1.165, 1.54) is 14.2 Å². The molecule has 0 fully saturated rings. The van der Waals surface area contributed by atoms with Gasteiger partial charge in [-0.15, -0.1) is 10.5 Å². The first-order valence-corrected chi connectivity index (χ1v) is 4.87. The molecule has 0 amide bonds. The van der Waals surface area contributed by atoms with Gasteiger partial charge in [0.25, 0.3) is 0 Å². The lowest BCUT2D eigenvalue weighted by atomic mass is 10.9. The maximum atomic E-state index is 11.4. The van der Waals surface area contributed by atoms with Crippen LogP contribution in [0.15, 0.2) is 0 Å². The molecule has 0 saturated heterocycles. The van der Waals surface area contributed by atoms with Gasteiger partial charge in [0.15, 0.2) is 0 Å². The number of nitrogens with one attached hydrogen (secondary N) is 3. The second-order valence-electron chi connectivity index (χ2n) is 1.65. The van der Waals surface area contributed by atoms with Crippen LogP contribution in [0.5, 0.6) is 0 Å². The van der Waals surface area contributed by atoms with Crippen LogP contribution in [0.1, 0.15) is 6.92 Å². The second-order valence-corrected chi connectivity index (χ2v) is 3.68. The van der Waals surface area contributed by atoms with Crippen LogP contribution < -0.4 is 15.6 Å². The molecule has 68 valence electrons. The van der Waals surface area contributed by atoms with E-state index in [4.69, 9.17) is 4.84 Å². The summed E-state index contributed by atoms with van der Waals surface area (Å²) in [5, 5.41) is 7.05. The third-order valence-corrected chi connectivity index (χ3v) is 2.33. The van der Waals surface area contributed by atoms with Crippen molar-refractivity contribution >= 4 is 7.59 Å². The number of rotatable bonds is 6. The van der Waals surface area contributed by atoms with Gasteiger partial charge in [0.1, 0.15) is 0 Å². The Kier molecular flexibility index (Phi) is 5.67. The Morgan fingerprint density at radius 2 is 2.09 bits per heavy atom. The Balaban J connectivity index is 3.79. The molecule has 0 aromatic rings. The average molecular weight is 183 g/mol. The highest BCUT2D eigenvalue weighted by Crippen LogP contribution is 2.28. The van der Waals surface area contributed by atoms with Crippen LogP contribution in [0.2, 0.25) is 0 Å². The Labute approximate surface area is 66.1 Å². The first kappa shape index (κ1) is 11.0. The molecule has 0 saturated carbocycles. The Bertz CT molecular complexity index is 143. The van der Waals surface area contributed by atoms with Gasteiger partial charge in [-0.1, -0.05) is 0 Å². The zero-order valence-corrected chi connectivity index (χ0v) is 7.77. The fourth-order valence-corrected chi connectivity index (χ4v) is 1.18. The van der Waals surface area contributed by atoms with Crippen molar-refractivity contribution in [2.45, 2.75) is 6.92 Å². The van der Waals surface area contributed by atoms with Gasteiger partial charge >= 0.3 is 7.59 Å². The summed E-state index contributed by atoms with van der Waals surface area (Å²) >= 11 is 0. The van der Waals surface area contributed by atoms with Gasteiger partial charge in [-0.05, 0) is 14.0 Å². The highest BCUT2D eigenvalue weighted by Gasteiger charge is 2.17. The first-order valence-electron chi connectivity index (χ1n) is 3.17. The molecule has 1 unspecified atom stereocenters. The van der Waals surface area contributed by atoms with Crippen molar-refractivity contribution in [2.24, 2.45) is 0 Å². The molecule has 0 aromatic carbocycles. The zero-order chi connectivity index (χ0) is 8.74. The zero-order valence-electron chi connectivity index (χ0n) is 6.88. The van der Waals surface area contributed by atoms with Gasteiger partial charge < -0.3 is 0 Å². The molecule has 0 aliphatic carbocycles. The number of hydrogen-bond donors (Lipinski definition) is 3. The maximum Gasteiger partial charge on any atom is 0.324 e. The molecular formula is C4H14N3O3P. The van der Waals surface area contributed by atoms with Crippen molar-refractivity contribution in [2.75, 3.05) is 20.8 Å². The third-order valence-electron chi connectivity index (χ3n) is 0.872. The predicted octanol–water partition coefficient (Wildman–Crippen LogP) is 0.00600. The second kappa shape index (κ2) is 5.65. The van der Waals surface area contributed by atoms with E-state index in [9.17, 15) is 4.57 Å². The molecule has 0 aliphatic heterocycles. The molecule has 0 bridgehead atoms. The van der Waals surface area contributed by atoms with E-state index in [0.717, 1.165) is 0 Å². The van der Waals surface area contributed by atoms with Crippen LogP contribution in [0, 0.1) is 0 Å². The SMILES string of the molecule is CCONP(=O)(NC)NOC. The summed E-state index contributed by atoms with van der Waals surface area (Å²) in [6, 6.07) is 0. The van der Waals surface area contributed by atoms with Gasteiger partial charge in [-0.3, -0.25) is 14.2 Å². The lowest BCUT2D eigenvalue weighted by Crippen LogP contribution is -2.29. The lowest BCUT2D eigenvalue weighted by molar-refractivity contribution is 0.0847. The van der Waals surface area contributed by atoms with Crippen LogP contribution in [0.25, 0.3) is 0 Å². The van der Waals surface area contributed by atoms with Gasteiger partial charge in [0, 0.05) is 0 Å². The van der Waals surface area contributed by atoms with Crippen LogP contribution >= 0.6 is 7.59 Å². The Morgan fingerprint density at radius 3 is 2.45 bits per heavy atom. The van der Waals surface area contributed by atoms with Crippen molar-refractivity contribution in [3.8, 4) is 0 Å². The normalized spacial score (nSPS) is 16.3. The van der Waals surface area contributed by atoms with Crippen molar-refractivity contribution < 1.29 is 14.2 Å². The van der Waals surface area contributed by atoms with E-state index < -0.39 is 7.59 Å². The molecule has 11 heavy (non-hydrogen) atoms. The summed E-state index contributed by atoms with van der Waals surface area (Å²) in [5.74, 6) is 0. The minimum atomic E-state index is -2.91. The summed E-state index contributed by atoms with van der Waals surface area (Å²) in [5.41, 5.74) is 0. The van der Waals surface area contributed by atoms with E-state index in [1.54, 1.807) is 6.92 Å². The van der Waals surface area contributed by atoms with Gasteiger partial charge in [-0.25, -0.2) is 5.09 Å². The highest BCUT2D eigenvalue weighted by molar-refractivity contribution is 7.57. The monoisotopic (exact) mass is 183 g/mol. The van der Waals surface area contributed by atoms with E-state index in [1.807, 2.05) is 0 Å². The van der Waals surface area contributed by atoms with Gasteiger partial charge in [-0.2, -0.15) is 0 Å². The fraction of sp³-hybridized carbons (Fsp3) is 1.00. The minimum absolute atomic E-state index is 0.428. The molecule has 6 nitrogen and oxygen atoms in total. The van der Waals surface area contributed by atoms with Crippen molar-refractivity contribution in [1.82, 2.24) is 15.6 Å². The summed E-state index contributed by atoms with van der Waals surface area (Å²) in [7, 11) is -0.0120. The van der Waals surface area contributed by atoms with Gasteiger partial charge in [0.05, 0.1) is 13.7 Å². The van der Waals surface area contributed by atoms with Crippen LogP contribution in [0.4, 0.5) is 0 Å². The van der Waals surface area contributed by atoms with E-state index in [-0.39, 0.29) is 0 Å². The summed E-state index contributed by atoms with van der Waals surface area (Å²) in [4.78, 5) is 9.20. The summed E-state index contributed by atoms with van der Waals surface area (Å²) < 4.78 is 11.4. The standard InChI is InChI=1S/C4H14N3O3P/c1-4-10-7-11(8,5-2)6-9-3/h4H2,1-3H3,(H3,5,6,7,8). The maximum absolute atomic E-state index is 11.4. The molecular weight excluding hydrogens is 169 g/mol. The molecule has 7 heteroatoms. The molecule has 0 aromatic heterocycles. The largest absolute Gasteiger partial charge is 0.324 e. The van der Waals surface area contributed by atoms with E-state index in [2.05, 4.69) is 20.4 Å². The lowest BCUT2D eigenvalue weighted by Gasteiger charge is -2.16.